The second-order valence-electron chi connectivity index (χ2n) is 3.44. The van der Waals surface area contributed by atoms with Crippen LogP contribution in [0.5, 0.6) is 5.75 Å². The lowest BCUT2D eigenvalue weighted by Crippen LogP contribution is -2.49. The van der Waals surface area contributed by atoms with Crippen molar-refractivity contribution in [3.8, 4) is 5.75 Å². The van der Waals surface area contributed by atoms with Crippen molar-refractivity contribution >= 4 is 0 Å². The molecule has 1 aromatic rings. The van der Waals surface area contributed by atoms with E-state index in [-0.39, 0.29) is 0 Å². The van der Waals surface area contributed by atoms with Crippen LogP contribution >= 0.6 is 0 Å². The first kappa shape index (κ1) is 8.57. The largest absolute Gasteiger partial charge is 0.489 e. The van der Waals surface area contributed by atoms with Crippen molar-refractivity contribution in [2.45, 2.75) is 25.0 Å². The number of para-hydroxylation sites is 1. The third-order valence-corrected chi connectivity index (χ3v) is 2.61. The van der Waals surface area contributed by atoms with Crippen LogP contribution in [-0.4, -0.2) is 19.2 Å². The van der Waals surface area contributed by atoms with Crippen LogP contribution in [-0.2, 0) is 0 Å². The van der Waals surface area contributed by atoms with Crippen molar-refractivity contribution in [2.75, 3.05) is 7.05 Å². The number of ether oxygens (including phenoxy) is 1. The summed E-state index contributed by atoms with van der Waals surface area (Å²) in [7, 11) is 1.99. The summed E-state index contributed by atoms with van der Waals surface area (Å²) in [4.78, 5) is 0. The molecule has 0 aliphatic heterocycles. The highest BCUT2D eigenvalue weighted by atomic mass is 16.5. The summed E-state index contributed by atoms with van der Waals surface area (Å²) in [5.74, 6) is 0.979. The Balaban J connectivity index is 1.92. The molecule has 1 aromatic carbocycles. The Labute approximate surface area is 78.9 Å². The summed E-state index contributed by atoms with van der Waals surface area (Å²) >= 11 is 0. The van der Waals surface area contributed by atoms with E-state index in [1.54, 1.807) is 0 Å². The van der Waals surface area contributed by atoms with E-state index in [2.05, 4.69) is 5.32 Å². The van der Waals surface area contributed by atoms with E-state index in [9.17, 15) is 0 Å². The third-order valence-electron chi connectivity index (χ3n) is 2.61. The summed E-state index contributed by atoms with van der Waals surface area (Å²) < 4.78 is 5.79. The summed E-state index contributed by atoms with van der Waals surface area (Å²) in [5.41, 5.74) is 0. The fourth-order valence-corrected chi connectivity index (χ4v) is 1.61. The molecule has 0 spiro atoms. The Morgan fingerprint density at radius 3 is 2.54 bits per heavy atom. The van der Waals surface area contributed by atoms with E-state index < -0.39 is 0 Å². The number of benzene rings is 1. The van der Waals surface area contributed by atoms with Gasteiger partial charge in [-0.2, -0.15) is 0 Å². The zero-order valence-electron chi connectivity index (χ0n) is 7.86. The number of nitrogens with one attached hydrogen (secondary N) is 1. The van der Waals surface area contributed by atoms with Gasteiger partial charge in [-0.1, -0.05) is 18.2 Å². The Morgan fingerprint density at radius 1 is 1.23 bits per heavy atom. The van der Waals surface area contributed by atoms with Crippen molar-refractivity contribution in [2.24, 2.45) is 0 Å². The Kier molecular flexibility index (Phi) is 2.50. The Hall–Kier alpha value is -1.02. The van der Waals surface area contributed by atoms with Crippen LogP contribution in [0.25, 0.3) is 0 Å². The molecule has 0 heterocycles. The van der Waals surface area contributed by atoms with Gasteiger partial charge in [-0.05, 0) is 32.0 Å². The molecule has 2 atom stereocenters. The number of rotatable bonds is 3. The van der Waals surface area contributed by atoms with Crippen LogP contribution in [0, 0.1) is 0 Å². The average molecular weight is 177 g/mol. The van der Waals surface area contributed by atoms with E-state index in [1.807, 2.05) is 37.4 Å². The second-order valence-corrected chi connectivity index (χ2v) is 3.44. The molecule has 1 saturated carbocycles. The molecule has 2 nitrogen and oxygen atoms in total. The smallest absolute Gasteiger partial charge is 0.119 e. The SMILES string of the molecule is CNC1CCC1Oc1ccccc1. The third kappa shape index (κ3) is 1.83. The quantitative estimate of drug-likeness (QED) is 0.760. The summed E-state index contributed by atoms with van der Waals surface area (Å²) in [6.45, 7) is 0. The predicted octanol–water partition coefficient (Wildman–Crippen LogP) is 1.82. The zero-order chi connectivity index (χ0) is 9.10. The van der Waals surface area contributed by atoms with Gasteiger partial charge in [0.15, 0.2) is 0 Å². The molecule has 70 valence electrons. The fraction of sp³-hybridized carbons (Fsp3) is 0.455. The molecule has 2 heteroatoms. The first-order chi connectivity index (χ1) is 6.40. The number of hydrogen-bond donors (Lipinski definition) is 1. The minimum Gasteiger partial charge on any atom is -0.489 e. The molecular formula is C11H15NO. The lowest BCUT2D eigenvalue weighted by Gasteiger charge is -2.36. The van der Waals surface area contributed by atoms with Gasteiger partial charge >= 0.3 is 0 Å². The molecule has 2 rings (SSSR count). The predicted molar refractivity (Wildman–Crippen MR) is 52.9 cm³/mol. The minimum absolute atomic E-state index is 0.368. The molecule has 0 radical (unpaired) electrons. The van der Waals surface area contributed by atoms with Gasteiger partial charge in [-0.3, -0.25) is 0 Å². The van der Waals surface area contributed by atoms with Crippen LogP contribution < -0.4 is 10.1 Å². The Bertz CT molecular complexity index is 258. The lowest BCUT2D eigenvalue weighted by atomic mass is 9.89. The van der Waals surface area contributed by atoms with Crippen molar-refractivity contribution in [3.05, 3.63) is 30.3 Å². The van der Waals surface area contributed by atoms with Gasteiger partial charge in [0.05, 0.1) is 0 Å². The first-order valence-corrected chi connectivity index (χ1v) is 4.79. The van der Waals surface area contributed by atoms with E-state index in [0.29, 0.717) is 12.1 Å². The highest BCUT2D eigenvalue weighted by molar-refractivity contribution is 5.21. The molecular weight excluding hydrogens is 162 g/mol. The monoisotopic (exact) mass is 177 g/mol. The molecule has 0 bridgehead atoms. The molecule has 0 amide bonds. The average Bonchev–Trinajstić information content (AvgIpc) is 2.15. The Morgan fingerprint density at radius 2 is 2.00 bits per heavy atom. The van der Waals surface area contributed by atoms with Crippen molar-refractivity contribution in [1.29, 1.82) is 0 Å². The highest BCUT2D eigenvalue weighted by Crippen LogP contribution is 2.25. The van der Waals surface area contributed by atoms with Crippen LogP contribution in [0.2, 0.25) is 0 Å². The van der Waals surface area contributed by atoms with E-state index >= 15 is 0 Å². The normalized spacial score (nSPS) is 26.5. The number of likely N-dealkylation sites (N-methyl/N-ethyl adjacent to an activating group) is 1. The van der Waals surface area contributed by atoms with Gasteiger partial charge in [0.25, 0.3) is 0 Å². The molecule has 0 aromatic heterocycles. The molecule has 13 heavy (non-hydrogen) atoms. The number of hydrogen-bond acceptors (Lipinski definition) is 2. The molecule has 2 unspecified atom stereocenters. The van der Waals surface area contributed by atoms with Crippen LogP contribution in [0.1, 0.15) is 12.8 Å². The fourth-order valence-electron chi connectivity index (χ4n) is 1.61. The van der Waals surface area contributed by atoms with Gasteiger partial charge in [0.1, 0.15) is 11.9 Å². The van der Waals surface area contributed by atoms with Gasteiger partial charge in [-0.25, -0.2) is 0 Å². The minimum atomic E-state index is 0.368. The van der Waals surface area contributed by atoms with Crippen molar-refractivity contribution in [3.63, 3.8) is 0 Å². The van der Waals surface area contributed by atoms with Gasteiger partial charge in [0.2, 0.25) is 0 Å². The molecule has 1 aliphatic rings. The molecule has 1 N–H and O–H groups in total. The topological polar surface area (TPSA) is 21.3 Å². The zero-order valence-corrected chi connectivity index (χ0v) is 7.86. The maximum atomic E-state index is 5.79. The van der Waals surface area contributed by atoms with Gasteiger partial charge < -0.3 is 10.1 Å². The van der Waals surface area contributed by atoms with Crippen LogP contribution in [0.15, 0.2) is 30.3 Å². The maximum absolute atomic E-state index is 5.79. The van der Waals surface area contributed by atoms with Gasteiger partial charge in [0, 0.05) is 6.04 Å². The summed E-state index contributed by atoms with van der Waals surface area (Å²) in [6.07, 6.45) is 2.77. The van der Waals surface area contributed by atoms with Crippen LogP contribution in [0.4, 0.5) is 0 Å². The summed E-state index contributed by atoms with van der Waals surface area (Å²) in [5, 5.41) is 3.25. The van der Waals surface area contributed by atoms with Gasteiger partial charge in [-0.15, -0.1) is 0 Å². The molecule has 0 saturated heterocycles. The maximum Gasteiger partial charge on any atom is 0.119 e. The lowest BCUT2D eigenvalue weighted by molar-refractivity contribution is 0.0771. The van der Waals surface area contributed by atoms with Crippen molar-refractivity contribution < 1.29 is 4.74 Å². The van der Waals surface area contributed by atoms with Crippen molar-refractivity contribution in [1.82, 2.24) is 5.32 Å². The van der Waals surface area contributed by atoms with E-state index in [0.717, 1.165) is 5.75 Å². The highest BCUT2D eigenvalue weighted by Gasteiger charge is 2.31. The van der Waals surface area contributed by atoms with Crippen LogP contribution in [0.3, 0.4) is 0 Å². The molecule has 1 aliphatic carbocycles. The second kappa shape index (κ2) is 3.79. The van der Waals surface area contributed by atoms with E-state index in [4.69, 9.17) is 4.74 Å². The van der Waals surface area contributed by atoms with E-state index in [1.165, 1.54) is 12.8 Å². The standard InChI is InChI=1S/C11H15NO/c1-12-10-7-8-11(10)13-9-5-3-2-4-6-9/h2-6,10-12H,7-8H2,1H3. The summed E-state index contributed by atoms with van der Waals surface area (Å²) in [6, 6.07) is 10.6. The first-order valence-electron chi connectivity index (χ1n) is 4.79. The molecule has 1 fully saturated rings.